The highest BCUT2D eigenvalue weighted by Gasteiger charge is 2.19. The smallest absolute Gasteiger partial charge is 0.282 e. The molecule has 1 aliphatic rings. The van der Waals surface area contributed by atoms with Gasteiger partial charge in [0, 0.05) is 0 Å². The Morgan fingerprint density at radius 2 is 1.68 bits per heavy atom. The summed E-state index contributed by atoms with van der Waals surface area (Å²) in [5.41, 5.74) is 1.07. The lowest BCUT2D eigenvalue weighted by atomic mass is 10.1. The lowest BCUT2D eigenvalue weighted by Gasteiger charge is -2.07. The standard InChI is InChI=1S/C23H14N2O3S3/c26-20-12-10-17(14-22(20)30-23-24-19-7-3-4-8-21(19)29-23)25-31(27,28)18-11-9-15-5-1-2-6-16(15)13-18/h1-14H. The lowest BCUT2D eigenvalue weighted by Crippen LogP contribution is -2.08. The molecule has 0 bridgehead atoms. The van der Waals surface area contributed by atoms with Gasteiger partial charge in [0.05, 0.1) is 25.7 Å². The van der Waals surface area contributed by atoms with Crippen LogP contribution in [0.3, 0.4) is 0 Å². The molecular formula is C23H14N2O3S3. The summed E-state index contributed by atoms with van der Waals surface area (Å²) in [5.74, 6) is -0.202. The molecule has 3 aromatic carbocycles. The SMILES string of the molecule is O=C1C=CC(=NS(=O)(=O)c2ccc3ccccc3c2)C=C1Sc1nc2ccccc2s1. The molecule has 0 saturated carbocycles. The summed E-state index contributed by atoms with van der Waals surface area (Å²) in [6.07, 6.45) is 4.26. The second-order valence-corrected chi connectivity index (χ2v) is 10.7. The molecule has 0 N–H and O–H groups in total. The molecule has 1 aromatic heterocycles. The number of para-hydroxylation sites is 1. The van der Waals surface area contributed by atoms with Crippen LogP contribution in [0.25, 0.3) is 21.0 Å². The number of ketones is 1. The molecule has 31 heavy (non-hydrogen) atoms. The van der Waals surface area contributed by atoms with Crippen LogP contribution in [-0.2, 0) is 14.8 Å². The predicted molar refractivity (Wildman–Crippen MR) is 126 cm³/mol. The minimum atomic E-state index is -3.93. The van der Waals surface area contributed by atoms with Gasteiger partial charge < -0.3 is 0 Å². The second-order valence-electron chi connectivity index (χ2n) is 6.76. The Bertz CT molecular complexity index is 1510. The summed E-state index contributed by atoms with van der Waals surface area (Å²) in [7, 11) is -3.93. The molecule has 1 heterocycles. The first kappa shape index (κ1) is 19.9. The molecule has 8 heteroatoms. The molecule has 1 aliphatic carbocycles. The first-order valence-corrected chi connectivity index (χ1v) is 12.4. The van der Waals surface area contributed by atoms with Crippen LogP contribution in [0.5, 0.6) is 0 Å². The average Bonchev–Trinajstić information content (AvgIpc) is 3.18. The van der Waals surface area contributed by atoms with Crippen LogP contribution in [-0.4, -0.2) is 24.9 Å². The normalized spacial score (nSPS) is 15.7. The molecule has 4 aromatic rings. The average molecular weight is 463 g/mol. The van der Waals surface area contributed by atoms with Gasteiger partial charge in [-0.25, -0.2) is 4.98 Å². The zero-order chi connectivity index (χ0) is 21.4. The van der Waals surface area contributed by atoms with Gasteiger partial charge in [-0.05, 0) is 53.3 Å². The van der Waals surface area contributed by atoms with Crippen LogP contribution in [0, 0.1) is 0 Å². The van der Waals surface area contributed by atoms with Crippen LogP contribution in [0.15, 0.2) is 103 Å². The molecule has 0 saturated heterocycles. The van der Waals surface area contributed by atoms with Crippen molar-refractivity contribution in [2.75, 3.05) is 0 Å². The lowest BCUT2D eigenvalue weighted by molar-refractivity contribution is -0.110. The van der Waals surface area contributed by atoms with E-state index in [0.29, 0.717) is 9.24 Å². The van der Waals surface area contributed by atoms with Gasteiger partial charge in [0.25, 0.3) is 10.0 Å². The van der Waals surface area contributed by atoms with E-state index in [1.807, 2.05) is 48.5 Å². The third-order valence-corrected chi connectivity index (χ3v) is 8.08. The summed E-state index contributed by atoms with van der Waals surface area (Å²) >= 11 is 2.70. The van der Waals surface area contributed by atoms with E-state index in [9.17, 15) is 13.2 Å². The van der Waals surface area contributed by atoms with Crippen molar-refractivity contribution in [1.82, 2.24) is 4.98 Å². The Labute approximate surface area is 186 Å². The highest BCUT2D eigenvalue weighted by molar-refractivity contribution is 8.05. The first-order chi connectivity index (χ1) is 15.0. The topological polar surface area (TPSA) is 76.5 Å². The molecular weight excluding hydrogens is 448 g/mol. The highest BCUT2D eigenvalue weighted by atomic mass is 32.2. The summed E-state index contributed by atoms with van der Waals surface area (Å²) in [4.78, 5) is 17.4. The van der Waals surface area contributed by atoms with Crippen molar-refractivity contribution >= 4 is 65.6 Å². The fourth-order valence-electron chi connectivity index (χ4n) is 3.14. The Hall–Kier alpha value is -3.07. The van der Waals surface area contributed by atoms with Crippen LogP contribution < -0.4 is 0 Å². The van der Waals surface area contributed by atoms with Gasteiger partial charge in [-0.15, -0.1) is 11.3 Å². The van der Waals surface area contributed by atoms with Gasteiger partial charge in [-0.3, -0.25) is 4.79 Å². The molecule has 0 radical (unpaired) electrons. The quantitative estimate of drug-likeness (QED) is 0.380. The maximum absolute atomic E-state index is 12.9. The van der Waals surface area contributed by atoms with Gasteiger partial charge >= 0.3 is 0 Å². The zero-order valence-electron chi connectivity index (χ0n) is 15.9. The van der Waals surface area contributed by atoms with Crippen LogP contribution >= 0.6 is 23.1 Å². The number of fused-ring (bicyclic) bond motifs is 2. The number of hydrogen-bond acceptors (Lipinski definition) is 6. The van der Waals surface area contributed by atoms with Crippen LogP contribution in [0.4, 0.5) is 0 Å². The molecule has 0 spiro atoms. The number of carbonyl (C=O) groups is 1. The number of rotatable bonds is 4. The van der Waals surface area contributed by atoms with E-state index in [-0.39, 0.29) is 16.4 Å². The van der Waals surface area contributed by atoms with E-state index >= 15 is 0 Å². The van der Waals surface area contributed by atoms with E-state index in [1.54, 1.807) is 18.2 Å². The second kappa shape index (κ2) is 7.88. The summed E-state index contributed by atoms with van der Waals surface area (Å²) in [6.45, 7) is 0. The molecule has 152 valence electrons. The third kappa shape index (κ3) is 4.10. The third-order valence-electron chi connectivity index (χ3n) is 4.64. The fraction of sp³-hybridized carbons (Fsp3) is 0. The van der Waals surface area contributed by atoms with Gasteiger partial charge in [0.1, 0.15) is 0 Å². The number of allylic oxidation sites excluding steroid dienone is 4. The van der Waals surface area contributed by atoms with E-state index in [2.05, 4.69) is 9.38 Å². The van der Waals surface area contributed by atoms with Crippen molar-refractivity contribution in [3.63, 3.8) is 0 Å². The number of aromatic nitrogens is 1. The number of sulfonamides is 1. The summed E-state index contributed by atoms with van der Waals surface area (Å²) in [5, 5.41) is 1.77. The molecule has 0 amide bonds. The van der Waals surface area contributed by atoms with Gasteiger partial charge in [0.2, 0.25) is 0 Å². The maximum atomic E-state index is 12.9. The zero-order valence-corrected chi connectivity index (χ0v) is 18.4. The van der Waals surface area contributed by atoms with Crippen molar-refractivity contribution in [3.05, 3.63) is 89.9 Å². The van der Waals surface area contributed by atoms with Crippen molar-refractivity contribution in [3.8, 4) is 0 Å². The van der Waals surface area contributed by atoms with Gasteiger partial charge in [-0.1, -0.05) is 54.2 Å². The molecule has 0 atom stereocenters. The minimum absolute atomic E-state index is 0.109. The van der Waals surface area contributed by atoms with E-state index in [1.165, 1.54) is 41.3 Å². The molecule has 5 rings (SSSR count). The monoisotopic (exact) mass is 462 g/mol. The van der Waals surface area contributed by atoms with Crippen LogP contribution in [0.1, 0.15) is 0 Å². The van der Waals surface area contributed by atoms with Crippen molar-refractivity contribution in [2.24, 2.45) is 4.40 Å². The van der Waals surface area contributed by atoms with Crippen LogP contribution in [0.2, 0.25) is 0 Å². The van der Waals surface area contributed by atoms with E-state index in [4.69, 9.17) is 0 Å². The fourth-order valence-corrected chi connectivity index (χ4v) is 6.24. The van der Waals surface area contributed by atoms with E-state index < -0.39 is 10.0 Å². The number of benzene rings is 3. The Balaban J connectivity index is 1.47. The predicted octanol–water partition coefficient (Wildman–Crippen LogP) is 5.39. The van der Waals surface area contributed by atoms with Crippen molar-refractivity contribution in [2.45, 2.75) is 9.24 Å². The molecule has 0 aliphatic heterocycles. The van der Waals surface area contributed by atoms with Crippen molar-refractivity contribution in [1.29, 1.82) is 0 Å². The number of carbonyl (C=O) groups excluding carboxylic acids is 1. The molecule has 0 fully saturated rings. The number of thioether (sulfide) groups is 1. The summed E-state index contributed by atoms with van der Waals surface area (Å²) < 4.78 is 31.4. The number of hydrogen-bond donors (Lipinski definition) is 0. The number of thiazole rings is 1. The Morgan fingerprint density at radius 1 is 0.903 bits per heavy atom. The largest absolute Gasteiger partial charge is 0.289 e. The van der Waals surface area contributed by atoms with Crippen molar-refractivity contribution < 1.29 is 13.2 Å². The molecule has 0 unspecified atom stereocenters. The minimum Gasteiger partial charge on any atom is -0.289 e. The Kier molecular flexibility index (Phi) is 5.05. The number of nitrogens with zero attached hydrogens (tertiary/aromatic N) is 2. The highest BCUT2D eigenvalue weighted by Crippen LogP contribution is 2.35. The summed E-state index contributed by atoms with van der Waals surface area (Å²) in [6, 6.07) is 20.2. The van der Waals surface area contributed by atoms with E-state index in [0.717, 1.165) is 21.0 Å². The van der Waals surface area contributed by atoms with Gasteiger partial charge in [-0.2, -0.15) is 12.8 Å². The first-order valence-electron chi connectivity index (χ1n) is 9.29. The molecule has 5 nitrogen and oxygen atoms in total. The van der Waals surface area contributed by atoms with Gasteiger partial charge in [0.15, 0.2) is 10.1 Å². The Morgan fingerprint density at radius 3 is 2.52 bits per heavy atom. The maximum Gasteiger partial charge on any atom is 0.282 e.